The van der Waals surface area contributed by atoms with Crippen LogP contribution in [0.1, 0.15) is 10.4 Å². The molecule has 0 saturated heterocycles. The molecule has 2 N–H and O–H groups in total. The number of rotatable bonds is 2. The fraction of sp³-hybridized carbons (Fsp3) is 0. The molecular weight excluding hydrogens is 281 g/mol. The molecule has 0 unspecified atom stereocenters. The van der Waals surface area contributed by atoms with Gasteiger partial charge in [-0.1, -0.05) is 11.6 Å². The first-order chi connectivity index (χ1) is 9.63. The molecule has 20 heavy (non-hydrogen) atoms. The number of halogens is 2. The van der Waals surface area contributed by atoms with Crippen molar-refractivity contribution in [1.82, 2.24) is 10.2 Å². The quantitative estimate of drug-likeness (QED) is 0.757. The molecule has 1 aromatic heterocycles. The number of H-pyrrole nitrogens is 1. The predicted molar refractivity (Wildman–Crippen MR) is 75.5 cm³/mol. The summed E-state index contributed by atoms with van der Waals surface area (Å²) in [7, 11) is 0. The lowest BCUT2D eigenvalue weighted by Crippen LogP contribution is -2.12. The highest BCUT2D eigenvalue weighted by molar-refractivity contribution is 6.34. The number of hydrogen-bond acceptors (Lipinski definition) is 2. The first-order valence-corrected chi connectivity index (χ1v) is 6.21. The standard InChI is InChI=1S/C14H9ClFN3O/c15-12-6-9(16)1-3-11(12)14(20)18-10-2-4-13-8(5-10)7-17-19-13/h1-7H,(H,17,19)(H,18,20). The molecule has 1 heterocycles. The second-order valence-corrected chi connectivity index (χ2v) is 4.66. The molecule has 6 heteroatoms. The molecule has 0 fully saturated rings. The van der Waals surface area contributed by atoms with E-state index in [4.69, 9.17) is 11.6 Å². The first-order valence-electron chi connectivity index (χ1n) is 5.83. The molecule has 0 spiro atoms. The van der Waals surface area contributed by atoms with Crippen LogP contribution >= 0.6 is 11.6 Å². The Morgan fingerprint density at radius 1 is 1.25 bits per heavy atom. The number of carbonyl (C=O) groups is 1. The Kier molecular flexibility index (Phi) is 3.12. The van der Waals surface area contributed by atoms with Gasteiger partial charge < -0.3 is 5.32 Å². The number of aromatic nitrogens is 2. The molecule has 1 amide bonds. The summed E-state index contributed by atoms with van der Waals surface area (Å²) < 4.78 is 13.0. The number of carbonyl (C=O) groups excluding carboxylic acids is 1. The van der Waals surface area contributed by atoms with Gasteiger partial charge in [-0.05, 0) is 36.4 Å². The number of amides is 1. The van der Waals surface area contributed by atoms with Crippen LogP contribution in [0, 0.1) is 5.82 Å². The molecule has 0 radical (unpaired) electrons. The van der Waals surface area contributed by atoms with Gasteiger partial charge in [-0.3, -0.25) is 9.89 Å². The van der Waals surface area contributed by atoms with Crippen LogP contribution < -0.4 is 5.32 Å². The van der Waals surface area contributed by atoms with Gasteiger partial charge in [0, 0.05) is 11.1 Å². The van der Waals surface area contributed by atoms with Crippen molar-refractivity contribution in [2.45, 2.75) is 0 Å². The number of aromatic amines is 1. The molecular formula is C14H9ClFN3O. The van der Waals surface area contributed by atoms with Gasteiger partial charge >= 0.3 is 0 Å². The van der Waals surface area contributed by atoms with E-state index in [9.17, 15) is 9.18 Å². The fourth-order valence-electron chi connectivity index (χ4n) is 1.89. The normalized spacial score (nSPS) is 10.7. The maximum absolute atomic E-state index is 13.0. The van der Waals surface area contributed by atoms with Crippen molar-refractivity contribution >= 4 is 34.1 Å². The Balaban J connectivity index is 1.87. The molecule has 0 aliphatic carbocycles. The maximum Gasteiger partial charge on any atom is 0.257 e. The summed E-state index contributed by atoms with van der Waals surface area (Å²) in [5.74, 6) is -0.871. The second-order valence-electron chi connectivity index (χ2n) is 4.25. The zero-order valence-corrected chi connectivity index (χ0v) is 10.9. The lowest BCUT2D eigenvalue weighted by molar-refractivity contribution is 0.102. The summed E-state index contributed by atoms with van der Waals surface area (Å²) in [6, 6.07) is 8.99. The van der Waals surface area contributed by atoms with E-state index in [2.05, 4.69) is 15.5 Å². The number of benzene rings is 2. The third-order valence-corrected chi connectivity index (χ3v) is 3.19. The lowest BCUT2D eigenvalue weighted by atomic mass is 10.2. The third-order valence-electron chi connectivity index (χ3n) is 2.87. The summed E-state index contributed by atoms with van der Waals surface area (Å²) in [6.07, 6.45) is 1.66. The first kappa shape index (κ1) is 12.6. The van der Waals surface area contributed by atoms with Gasteiger partial charge in [0.15, 0.2) is 0 Å². The van der Waals surface area contributed by atoms with Crippen molar-refractivity contribution in [2.75, 3.05) is 5.32 Å². The third kappa shape index (κ3) is 2.35. The molecule has 0 bridgehead atoms. The van der Waals surface area contributed by atoms with E-state index < -0.39 is 11.7 Å². The summed E-state index contributed by atoms with van der Waals surface area (Å²) in [5.41, 5.74) is 1.72. The van der Waals surface area contributed by atoms with Gasteiger partial charge in [-0.25, -0.2) is 4.39 Å². The largest absolute Gasteiger partial charge is 0.322 e. The smallest absolute Gasteiger partial charge is 0.257 e. The van der Waals surface area contributed by atoms with E-state index in [0.717, 1.165) is 17.0 Å². The number of fused-ring (bicyclic) bond motifs is 1. The maximum atomic E-state index is 13.0. The SMILES string of the molecule is O=C(Nc1ccc2[nH]ncc2c1)c1ccc(F)cc1Cl. The predicted octanol–water partition coefficient (Wildman–Crippen LogP) is 3.61. The van der Waals surface area contributed by atoms with Crippen LogP contribution in [-0.2, 0) is 0 Å². The summed E-state index contributed by atoms with van der Waals surface area (Å²) in [5, 5.41) is 10.4. The molecule has 0 saturated carbocycles. The Labute approximate surface area is 118 Å². The van der Waals surface area contributed by atoms with Gasteiger partial charge in [0.25, 0.3) is 5.91 Å². The molecule has 0 aliphatic heterocycles. The Morgan fingerprint density at radius 3 is 2.90 bits per heavy atom. The van der Waals surface area contributed by atoms with Crippen molar-refractivity contribution in [2.24, 2.45) is 0 Å². The number of hydrogen-bond donors (Lipinski definition) is 2. The highest BCUT2D eigenvalue weighted by Gasteiger charge is 2.11. The van der Waals surface area contributed by atoms with Crippen LogP contribution in [0.15, 0.2) is 42.6 Å². The Hall–Kier alpha value is -2.40. The molecule has 2 aromatic carbocycles. The number of nitrogens with one attached hydrogen (secondary N) is 2. The molecule has 0 atom stereocenters. The van der Waals surface area contributed by atoms with Crippen molar-refractivity contribution in [1.29, 1.82) is 0 Å². The minimum atomic E-state index is -0.480. The van der Waals surface area contributed by atoms with Crippen molar-refractivity contribution in [3.63, 3.8) is 0 Å². The topological polar surface area (TPSA) is 57.8 Å². The lowest BCUT2D eigenvalue weighted by Gasteiger charge is -2.07. The van der Waals surface area contributed by atoms with Gasteiger partial charge in [-0.15, -0.1) is 0 Å². The van der Waals surface area contributed by atoms with E-state index >= 15 is 0 Å². The Morgan fingerprint density at radius 2 is 2.10 bits per heavy atom. The van der Waals surface area contributed by atoms with Crippen molar-refractivity contribution in [3.05, 3.63) is 59.0 Å². The van der Waals surface area contributed by atoms with Crippen LogP contribution in [0.3, 0.4) is 0 Å². The number of nitrogens with zero attached hydrogens (tertiary/aromatic N) is 1. The van der Waals surface area contributed by atoms with Gasteiger partial charge in [0.2, 0.25) is 0 Å². The molecule has 3 aromatic rings. The summed E-state index contributed by atoms with van der Waals surface area (Å²) in [6.45, 7) is 0. The van der Waals surface area contributed by atoms with Gasteiger partial charge in [0.1, 0.15) is 5.82 Å². The minimum Gasteiger partial charge on any atom is -0.322 e. The van der Waals surface area contributed by atoms with Gasteiger partial charge in [-0.2, -0.15) is 5.10 Å². The number of anilines is 1. The zero-order valence-electron chi connectivity index (χ0n) is 10.2. The van der Waals surface area contributed by atoms with E-state index in [1.165, 1.54) is 12.1 Å². The molecule has 4 nitrogen and oxygen atoms in total. The average Bonchev–Trinajstić information content (AvgIpc) is 2.85. The average molecular weight is 290 g/mol. The fourth-order valence-corrected chi connectivity index (χ4v) is 2.15. The summed E-state index contributed by atoms with van der Waals surface area (Å²) >= 11 is 5.85. The molecule has 3 rings (SSSR count). The van der Waals surface area contributed by atoms with Crippen molar-refractivity contribution in [3.8, 4) is 0 Å². The summed E-state index contributed by atoms with van der Waals surface area (Å²) in [4.78, 5) is 12.1. The monoisotopic (exact) mass is 289 g/mol. The highest BCUT2D eigenvalue weighted by atomic mass is 35.5. The van der Waals surface area contributed by atoms with E-state index in [0.29, 0.717) is 5.69 Å². The van der Waals surface area contributed by atoms with Crippen LogP contribution in [-0.4, -0.2) is 16.1 Å². The minimum absolute atomic E-state index is 0.0758. The van der Waals surface area contributed by atoms with Crippen molar-refractivity contribution < 1.29 is 9.18 Å². The van der Waals surface area contributed by atoms with Crippen LogP contribution in [0.2, 0.25) is 5.02 Å². The molecule has 100 valence electrons. The van der Waals surface area contributed by atoms with E-state index in [1.807, 2.05) is 6.07 Å². The van der Waals surface area contributed by atoms with E-state index in [1.54, 1.807) is 18.3 Å². The second kappa shape index (κ2) is 4.94. The molecule has 0 aliphatic rings. The Bertz CT molecular complexity index is 800. The van der Waals surface area contributed by atoms with Crippen LogP contribution in [0.4, 0.5) is 10.1 Å². The van der Waals surface area contributed by atoms with E-state index in [-0.39, 0.29) is 10.6 Å². The highest BCUT2D eigenvalue weighted by Crippen LogP contribution is 2.21. The van der Waals surface area contributed by atoms with Gasteiger partial charge in [0.05, 0.1) is 22.3 Å². The zero-order chi connectivity index (χ0) is 14.1. The van der Waals surface area contributed by atoms with Crippen LogP contribution in [0.5, 0.6) is 0 Å². The van der Waals surface area contributed by atoms with Crippen LogP contribution in [0.25, 0.3) is 10.9 Å².